The molecule has 0 fully saturated rings. The minimum atomic E-state index is -0.409. The third-order valence-corrected chi connectivity index (χ3v) is 5.11. The fourth-order valence-electron chi connectivity index (χ4n) is 3.49. The van der Waals surface area contributed by atoms with Crippen molar-refractivity contribution in [2.75, 3.05) is 4.90 Å². The van der Waals surface area contributed by atoms with Gasteiger partial charge in [0.05, 0.1) is 17.1 Å². The molecule has 3 aromatic carbocycles. The van der Waals surface area contributed by atoms with Crippen LogP contribution in [0.25, 0.3) is 0 Å². The molecule has 1 aliphatic heterocycles. The van der Waals surface area contributed by atoms with Crippen molar-refractivity contribution >= 4 is 34.6 Å². The standard InChI is InChI=1S/C23H17ClF2N2O/c1-14-12-21(27-19-9-4-16(24)5-10-19)20-13-18(26)8-11-22(20)28(14)23(29)15-2-6-17(25)7-3-15/h2-11,13-14H,12H2,1H3. The third-order valence-electron chi connectivity index (χ3n) is 4.86. The predicted octanol–water partition coefficient (Wildman–Crippen LogP) is 6.18. The first kappa shape index (κ1) is 19.3. The summed E-state index contributed by atoms with van der Waals surface area (Å²) in [6.07, 6.45) is 0.450. The maximum atomic E-state index is 14.0. The van der Waals surface area contributed by atoms with Gasteiger partial charge >= 0.3 is 0 Å². The van der Waals surface area contributed by atoms with Gasteiger partial charge in [-0.05, 0) is 73.7 Å². The Morgan fingerprint density at radius 2 is 1.66 bits per heavy atom. The number of rotatable bonds is 2. The summed E-state index contributed by atoms with van der Waals surface area (Å²) in [5.41, 5.74) is 2.90. The first-order chi connectivity index (χ1) is 13.9. The minimum Gasteiger partial charge on any atom is -0.305 e. The minimum absolute atomic E-state index is 0.212. The molecule has 0 saturated carbocycles. The fraction of sp³-hybridized carbons (Fsp3) is 0.130. The van der Waals surface area contributed by atoms with Gasteiger partial charge in [0.1, 0.15) is 11.6 Å². The van der Waals surface area contributed by atoms with Crippen molar-refractivity contribution in [3.05, 3.63) is 94.5 Å². The van der Waals surface area contributed by atoms with Crippen molar-refractivity contribution in [3.63, 3.8) is 0 Å². The Morgan fingerprint density at radius 1 is 1.00 bits per heavy atom. The van der Waals surface area contributed by atoms with Crippen molar-refractivity contribution in [2.45, 2.75) is 19.4 Å². The molecule has 146 valence electrons. The molecule has 0 spiro atoms. The van der Waals surface area contributed by atoms with E-state index in [9.17, 15) is 13.6 Å². The molecule has 0 bridgehead atoms. The van der Waals surface area contributed by atoms with E-state index in [4.69, 9.17) is 11.6 Å². The van der Waals surface area contributed by atoms with Crippen molar-refractivity contribution in [2.24, 2.45) is 4.99 Å². The van der Waals surface area contributed by atoms with E-state index in [1.807, 2.05) is 6.92 Å². The molecule has 0 radical (unpaired) electrons. The summed E-state index contributed by atoms with van der Waals surface area (Å²) in [7, 11) is 0. The summed E-state index contributed by atoms with van der Waals surface area (Å²) in [6, 6.07) is 16.5. The molecule has 4 rings (SSSR count). The Labute approximate surface area is 172 Å². The van der Waals surface area contributed by atoms with E-state index in [2.05, 4.69) is 4.99 Å². The number of carbonyl (C=O) groups excluding carboxylic acids is 1. The Hall–Kier alpha value is -3.05. The maximum absolute atomic E-state index is 14.0. The molecule has 1 unspecified atom stereocenters. The maximum Gasteiger partial charge on any atom is 0.258 e. The lowest BCUT2D eigenvalue weighted by atomic mass is 9.93. The van der Waals surface area contributed by atoms with E-state index in [-0.39, 0.29) is 11.9 Å². The van der Waals surface area contributed by atoms with Gasteiger partial charge in [0.15, 0.2) is 0 Å². The number of anilines is 1. The average Bonchev–Trinajstić information content (AvgIpc) is 2.70. The van der Waals surface area contributed by atoms with Crippen LogP contribution < -0.4 is 4.90 Å². The number of carbonyl (C=O) groups is 1. The van der Waals surface area contributed by atoms with Gasteiger partial charge in [-0.2, -0.15) is 0 Å². The van der Waals surface area contributed by atoms with Crippen LogP contribution in [0.1, 0.15) is 29.3 Å². The van der Waals surface area contributed by atoms with Crippen LogP contribution >= 0.6 is 11.6 Å². The van der Waals surface area contributed by atoms with Crippen LogP contribution in [0.5, 0.6) is 0 Å². The van der Waals surface area contributed by atoms with Crippen molar-refractivity contribution in [1.82, 2.24) is 0 Å². The van der Waals surface area contributed by atoms with Crippen LogP contribution in [-0.2, 0) is 0 Å². The highest BCUT2D eigenvalue weighted by molar-refractivity contribution is 6.30. The number of fused-ring (bicyclic) bond motifs is 1. The van der Waals surface area contributed by atoms with Gasteiger partial charge in [0.25, 0.3) is 5.91 Å². The molecule has 1 amide bonds. The Morgan fingerprint density at radius 3 is 2.34 bits per heavy atom. The quantitative estimate of drug-likeness (QED) is 0.496. The second-order valence-electron chi connectivity index (χ2n) is 6.93. The molecule has 29 heavy (non-hydrogen) atoms. The summed E-state index contributed by atoms with van der Waals surface area (Å²) in [5, 5.41) is 0.605. The smallest absolute Gasteiger partial charge is 0.258 e. The zero-order valence-electron chi connectivity index (χ0n) is 15.6. The molecule has 1 atom stereocenters. The molecule has 0 aliphatic carbocycles. The number of benzene rings is 3. The van der Waals surface area contributed by atoms with E-state index in [0.29, 0.717) is 39.7 Å². The van der Waals surface area contributed by atoms with Crippen LogP contribution in [0.3, 0.4) is 0 Å². The van der Waals surface area contributed by atoms with Crippen molar-refractivity contribution < 1.29 is 13.6 Å². The lowest BCUT2D eigenvalue weighted by Crippen LogP contribution is -2.44. The third kappa shape index (κ3) is 3.91. The first-order valence-electron chi connectivity index (χ1n) is 9.14. The van der Waals surface area contributed by atoms with Gasteiger partial charge in [0, 0.05) is 28.6 Å². The molecule has 3 aromatic rings. The van der Waals surface area contributed by atoms with E-state index >= 15 is 0 Å². The number of halogens is 3. The molecule has 1 heterocycles. The van der Waals surface area contributed by atoms with Crippen LogP contribution in [0, 0.1) is 11.6 Å². The fourth-order valence-corrected chi connectivity index (χ4v) is 3.61. The lowest BCUT2D eigenvalue weighted by molar-refractivity contribution is 0.0978. The zero-order chi connectivity index (χ0) is 20.5. The normalized spacial score (nSPS) is 17.3. The monoisotopic (exact) mass is 410 g/mol. The van der Waals surface area contributed by atoms with Gasteiger partial charge in [-0.1, -0.05) is 11.6 Å². The second-order valence-corrected chi connectivity index (χ2v) is 7.37. The highest BCUT2D eigenvalue weighted by atomic mass is 35.5. The number of amides is 1. The number of aliphatic imine (C=N–C) groups is 1. The van der Waals surface area contributed by atoms with Crippen molar-refractivity contribution in [1.29, 1.82) is 0 Å². The largest absolute Gasteiger partial charge is 0.305 e. The summed E-state index contributed by atoms with van der Waals surface area (Å²) in [5.74, 6) is -1.08. The van der Waals surface area contributed by atoms with Gasteiger partial charge < -0.3 is 4.90 Å². The van der Waals surface area contributed by atoms with Gasteiger partial charge in [-0.3, -0.25) is 9.79 Å². The first-order valence-corrected chi connectivity index (χ1v) is 9.52. The van der Waals surface area contributed by atoms with Gasteiger partial charge in [-0.25, -0.2) is 8.78 Å². The molecule has 6 heteroatoms. The van der Waals surface area contributed by atoms with E-state index in [0.717, 1.165) is 0 Å². The molecule has 3 nitrogen and oxygen atoms in total. The van der Waals surface area contributed by atoms with E-state index < -0.39 is 11.6 Å². The van der Waals surface area contributed by atoms with E-state index in [1.165, 1.54) is 36.4 Å². The number of hydrogen-bond donors (Lipinski definition) is 0. The van der Waals surface area contributed by atoms with Crippen LogP contribution in [0.2, 0.25) is 5.02 Å². The topological polar surface area (TPSA) is 32.7 Å². The van der Waals surface area contributed by atoms with Crippen LogP contribution in [-0.4, -0.2) is 17.7 Å². The van der Waals surface area contributed by atoms with Gasteiger partial charge in [-0.15, -0.1) is 0 Å². The number of nitrogens with zero attached hydrogens (tertiary/aromatic N) is 2. The van der Waals surface area contributed by atoms with Crippen LogP contribution in [0.15, 0.2) is 71.7 Å². The predicted molar refractivity (Wildman–Crippen MR) is 111 cm³/mol. The summed E-state index contributed by atoms with van der Waals surface area (Å²) < 4.78 is 27.3. The summed E-state index contributed by atoms with van der Waals surface area (Å²) in [4.78, 5) is 19.4. The second kappa shape index (κ2) is 7.76. The molecular formula is C23H17ClF2N2O. The lowest BCUT2D eigenvalue weighted by Gasteiger charge is -2.36. The van der Waals surface area contributed by atoms with E-state index in [1.54, 1.807) is 35.2 Å². The van der Waals surface area contributed by atoms with Crippen LogP contribution in [0.4, 0.5) is 20.2 Å². The summed E-state index contributed by atoms with van der Waals surface area (Å²) in [6.45, 7) is 1.91. The Bertz CT molecular complexity index is 1090. The molecular weight excluding hydrogens is 394 g/mol. The summed E-state index contributed by atoms with van der Waals surface area (Å²) >= 11 is 5.94. The highest BCUT2D eigenvalue weighted by Crippen LogP contribution is 2.34. The number of hydrogen-bond acceptors (Lipinski definition) is 2. The SMILES string of the molecule is CC1CC(=Nc2ccc(Cl)cc2)c2cc(F)ccc2N1C(=O)c1ccc(F)cc1. The molecule has 0 saturated heterocycles. The Kier molecular flexibility index (Phi) is 5.16. The highest BCUT2D eigenvalue weighted by Gasteiger charge is 2.32. The zero-order valence-corrected chi connectivity index (χ0v) is 16.3. The van der Waals surface area contributed by atoms with Gasteiger partial charge in [0.2, 0.25) is 0 Å². The molecule has 0 aromatic heterocycles. The average molecular weight is 411 g/mol. The Balaban J connectivity index is 1.78. The molecule has 1 aliphatic rings. The molecule has 0 N–H and O–H groups in total. The van der Waals surface area contributed by atoms with Crippen molar-refractivity contribution in [3.8, 4) is 0 Å².